The summed E-state index contributed by atoms with van der Waals surface area (Å²) in [5, 5.41) is 2.84. The number of fused-ring (bicyclic) bond motifs is 1. The van der Waals surface area contributed by atoms with E-state index in [0.717, 1.165) is 30.6 Å². The molecule has 0 radical (unpaired) electrons. The van der Waals surface area contributed by atoms with Crippen molar-refractivity contribution in [3.63, 3.8) is 0 Å². The minimum Gasteiger partial charge on any atom is -0.355 e. The Morgan fingerprint density at radius 1 is 1.28 bits per heavy atom. The van der Waals surface area contributed by atoms with Crippen LogP contribution in [0.4, 0.5) is 5.69 Å². The summed E-state index contributed by atoms with van der Waals surface area (Å²) in [5.41, 5.74) is 0.510. The zero-order valence-electron chi connectivity index (χ0n) is 17.0. The Labute approximate surface area is 177 Å². The number of nitrogens with zero attached hydrogens (tertiary/aromatic N) is 2. The number of hydrogen-bond acceptors (Lipinski definition) is 5. The average molecular weight is 440 g/mol. The van der Waals surface area contributed by atoms with Crippen LogP contribution in [-0.4, -0.2) is 56.5 Å². The number of hydrogen-bond donors (Lipinski definition) is 1. The molecule has 1 saturated heterocycles. The normalized spacial score (nSPS) is 20.4. The fourth-order valence-electron chi connectivity index (χ4n) is 3.51. The fraction of sp³-hybridized carbons (Fsp3) is 0.600. The van der Waals surface area contributed by atoms with Crippen LogP contribution >= 0.6 is 11.8 Å². The molecule has 3 rings (SSSR count). The van der Waals surface area contributed by atoms with Gasteiger partial charge >= 0.3 is 0 Å². The van der Waals surface area contributed by atoms with Gasteiger partial charge in [-0.25, -0.2) is 8.42 Å². The molecule has 0 aromatic heterocycles. The van der Waals surface area contributed by atoms with Gasteiger partial charge in [0.1, 0.15) is 6.54 Å². The molecule has 7 nitrogen and oxygen atoms in total. The van der Waals surface area contributed by atoms with Crippen molar-refractivity contribution in [1.29, 1.82) is 0 Å². The number of carbonyl (C=O) groups excluding carboxylic acids is 2. The van der Waals surface area contributed by atoms with Gasteiger partial charge in [-0.2, -0.15) is 4.31 Å². The Morgan fingerprint density at radius 2 is 2.00 bits per heavy atom. The molecule has 2 heterocycles. The molecule has 0 bridgehead atoms. The van der Waals surface area contributed by atoms with Gasteiger partial charge in [0.05, 0.1) is 10.6 Å². The van der Waals surface area contributed by atoms with E-state index >= 15 is 0 Å². The monoisotopic (exact) mass is 439 g/mol. The summed E-state index contributed by atoms with van der Waals surface area (Å²) in [4.78, 5) is 27.8. The Morgan fingerprint density at radius 3 is 2.69 bits per heavy atom. The van der Waals surface area contributed by atoms with Crippen molar-refractivity contribution < 1.29 is 18.0 Å². The molecule has 0 spiro atoms. The maximum Gasteiger partial charge on any atom is 0.243 e. The van der Waals surface area contributed by atoms with Gasteiger partial charge in [-0.1, -0.05) is 20.3 Å². The molecule has 0 unspecified atom stereocenters. The summed E-state index contributed by atoms with van der Waals surface area (Å²) in [6, 6.07) is 4.93. The van der Waals surface area contributed by atoms with Crippen molar-refractivity contribution in [3.05, 3.63) is 18.2 Å². The second-order valence-electron chi connectivity index (χ2n) is 7.58. The number of unbranched alkanes of at least 4 members (excludes halogenated alkanes) is 1. The lowest BCUT2D eigenvalue weighted by atomic mass is 10.1. The number of carbonyl (C=O) groups is 2. The average Bonchev–Trinajstić information content (AvgIpc) is 3.22. The highest BCUT2D eigenvalue weighted by Crippen LogP contribution is 2.38. The van der Waals surface area contributed by atoms with E-state index in [4.69, 9.17) is 0 Å². The third-order valence-electron chi connectivity index (χ3n) is 5.25. The van der Waals surface area contributed by atoms with E-state index in [0.29, 0.717) is 31.1 Å². The zero-order valence-corrected chi connectivity index (χ0v) is 18.7. The first kappa shape index (κ1) is 22.1. The van der Waals surface area contributed by atoms with Crippen LogP contribution in [0.25, 0.3) is 0 Å². The predicted molar refractivity (Wildman–Crippen MR) is 115 cm³/mol. The molecule has 2 amide bonds. The minimum atomic E-state index is -3.60. The molecule has 1 aromatic carbocycles. The summed E-state index contributed by atoms with van der Waals surface area (Å²) in [6.07, 6.45) is 3.57. The molecule has 1 aromatic rings. The van der Waals surface area contributed by atoms with E-state index in [2.05, 4.69) is 5.32 Å². The maximum atomic E-state index is 13.0. The molecule has 0 aliphatic carbocycles. The first-order chi connectivity index (χ1) is 13.8. The molecule has 1 fully saturated rings. The van der Waals surface area contributed by atoms with Crippen molar-refractivity contribution in [2.24, 2.45) is 5.92 Å². The van der Waals surface area contributed by atoms with E-state index in [1.807, 2.05) is 13.8 Å². The largest absolute Gasteiger partial charge is 0.355 e. The SMILES string of the molecule is CCCCNC(=O)CN1C(=O)[C@@H](C)CSc2ccc(S(=O)(=O)N3CCCC3)cc21. The topological polar surface area (TPSA) is 86.8 Å². The number of benzene rings is 1. The predicted octanol–water partition coefficient (Wildman–Crippen LogP) is 2.46. The Bertz CT molecular complexity index is 866. The van der Waals surface area contributed by atoms with Crippen LogP contribution in [0.15, 0.2) is 28.0 Å². The van der Waals surface area contributed by atoms with Crippen LogP contribution in [0.5, 0.6) is 0 Å². The van der Waals surface area contributed by atoms with Crippen LogP contribution < -0.4 is 10.2 Å². The number of thioether (sulfide) groups is 1. The Kier molecular flexibility index (Phi) is 7.23. The van der Waals surface area contributed by atoms with E-state index in [1.165, 1.54) is 21.0 Å². The fourth-order valence-corrected chi connectivity index (χ4v) is 6.10. The highest BCUT2D eigenvalue weighted by Gasteiger charge is 2.32. The number of nitrogens with one attached hydrogen (secondary N) is 1. The van der Waals surface area contributed by atoms with E-state index in [-0.39, 0.29) is 29.2 Å². The van der Waals surface area contributed by atoms with Crippen LogP contribution in [0, 0.1) is 5.92 Å². The lowest BCUT2D eigenvalue weighted by Crippen LogP contribution is -2.43. The van der Waals surface area contributed by atoms with E-state index < -0.39 is 10.0 Å². The van der Waals surface area contributed by atoms with Gasteiger partial charge < -0.3 is 10.2 Å². The molecule has 9 heteroatoms. The summed E-state index contributed by atoms with van der Waals surface area (Å²) in [5.74, 6) is -0.0467. The summed E-state index contributed by atoms with van der Waals surface area (Å²) in [7, 11) is -3.60. The molecule has 160 valence electrons. The lowest BCUT2D eigenvalue weighted by Gasteiger charge is -2.25. The smallest absolute Gasteiger partial charge is 0.243 e. The van der Waals surface area contributed by atoms with Crippen LogP contribution in [0.2, 0.25) is 0 Å². The second kappa shape index (κ2) is 9.49. The van der Waals surface area contributed by atoms with Crippen molar-refractivity contribution >= 4 is 39.3 Å². The first-order valence-corrected chi connectivity index (χ1v) is 12.6. The molecule has 2 aliphatic rings. The van der Waals surface area contributed by atoms with Crippen molar-refractivity contribution in [3.8, 4) is 0 Å². The number of amides is 2. The molecule has 1 atom stereocenters. The van der Waals surface area contributed by atoms with Crippen LogP contribution in [0.3, 0.4) is 0 Å². The Hall–Kier alpha value is -1.58. The molecular weight excluding hydrogens is 410 g/mol. The summed E-state index contributed by atoms with van der Waals surface area (Å²) >= 11 is 1.52. The quantitative estimate of drug-likeness (QED) is 0.660. The van der Waals surface area contributed by atoms with Gasteiger partial charge in [0.2, 0.25) is 21.8 Å². The number of sulfonamides is 1. The zero-order chi connectivity index (χ0) is 21.0. The van der Waals surface area contributed by atoms with Gasteiger partial charge in [0, 0.05) is 36.2 Å². The third kappa shape index (κ3) is 4.95. The third-order valence-corrected chi connectivity index (χ3v) is 8.47. The molecular formula is C20H29N3O4S2. The van der Waals surface area contributed by atoms with Gasteiger partial charge in [-0.15, -0.1) is 11.8 Å². The first-order valence-electron chi connectivity index (χ1n) is 10.2. The van der Waals surface area contributed by atoms with E-state index in [9.17, 15) is 18.0 Å². The van der Waals surface area contributed by atoms with Crippen LogP contribution in [-0.2, 0) is 19.6 Å². The summed E-state index contributed by atoms with van der Waals surface area (Å²) in [6.45, 7) is 5.39. The molecule has 1 N–H and O–H groups in total. The van der Waals surface area contributed by atoms with Crippen molar-refractivity contribution in [2.45, 2.75) is 49.3 Å². The minimum absolute atomic E-state index is 0.104. The van der Waals surface area contributed by atoms with Crippen molar-refractivity contribution in [2.75, 3.05) is 36.8 Å². The maximum absolute atomic E-state index is 13.0. The van der Waals surface area contributed by atoms with Gasteiger partial charge in [0.15, 0.2) is 0 Å². The molecule has 29 heavy (non-hydrogen) atoms. The second-order valence-corrected chi connectivity index (χ2v) is 10.6. The van der Waals surface area contributed by atoms with E-state index in [1.54, 1.807) is 18.2 Å². The van der Waals surface area contributed by atoms with Crippen molar-refractivity contribution in [1.82, 2.24) is 9.62 Å². The standard InChI is InChI=1S/C20H29N3O4S2/c1-3-4-9-21-19(24)13-23-17-12-16(29(26,27)22-10-5-6-11-22)7-8-18(17)28-14-15(2)20(23)25/h7-8,12,15H,3-6,9-11,13-14H2,1-2H3,(H,21,24)/t15-/m0/s1. The Balaban J connectivity index is 1.92. The number of rotatable bonds is 7. The van der Waals surface area contributed by atoms with Gasteiger partial charge in [-0.3, -0.25) is 9.59 Å². The highest BCUT2D eigenvalue weighted by atomic mass is 32.2. The van der Waals surface area contributed by atoms with Gasteiger partial charge in [-0.05, 0) is 37.5 Å². The molecule has 2 aliphatic heterocycles. The number of anilines is 1. The lowest BCUT2D eigenvalue weighted by molar-refractivity contribution is -0.125. The summed E-state index contributed by atoms with van der Waals surface area (Å²) < 4.78 is 27.5. The van der Waals surface area contributed by atoms with Crippen LogP contribution in [0.1, 0.15) is 39.5 Å². The van der Waals surface area contributed by atoms with Gasteiger partial charge in [0.25, 0.3) is 0 Å². The highest BCUT2D eigenvalue weighted by molar-refractivity contribution is 7.99. The molecule has 0 saturated carbocycles.